The van der Waals surface area contributed by atoms with Crippen LogP contribution in [0.5, 0.6) is 0 Å². The molecule has 0 spiro atoms. The number of benzene rings is 1. The second-order valence-electron chi connectivity index (χ2n) is 3.55. The highest BCUT2D eigenvalue weighted by Crippen LogP contribution is 2.17. The number of Topliss-reactive ketones (excluding diaryl/α,β-unsaturated/α-hetero) is 1. The number of ketones is 1. The molecule has 0 aliphatic carbocycles. The molecule has 0 aromatic heterocycles. The summed E-state index contributed by atoms with van der Waals surface area (Å²) in [5.74, 6) is -1.32. The maximum absolute atomic E-state index is 12.1. The van der Waals surface area contributed by atoms with E-state index in [1.807, 2.05) is 0 Å². The van der Waals surface area contributed by atoms with Crippen molar-refractivity contribution in [2.75, 3.05) is 0 Å². The van der Waals surface area contributed by atoms with Crippen LogP contribution in [0.4, 0.5) is 0 Å². The summed E-state index contributed by atoms with van der Waals surface area (Å²) >= 11 is 0. The lowest BCUT2D eigenvalue weighted by Gasteiger charge is -2.06. The van der Waals surface area contributed by atoms with E-state index < -0.39 is 11.5 Å². The van der Waals surface area contributed by atoms with Crippen molar-refractivity contribution >= 4 is 5.78 Å². The zero-order chi connectivity index (χ0) is 13.5. The summed E-state index contributed by atoms with van der Waals surface area (Å²) in [6, 6.07) is 8.34. The average molecular weight is 246 g/mol. The largest absolute Gasteiger partial charge is 0.516 e. The molecule has 0 aliphatic heterocycles. The van der Waals surface area contributed by atoms with E-state index in [0.29, 0.717) is 5.56 Å². The van der Waals surface area contributed by atoms with E-state index in [-0.39, 0.29) is 11.3 Å². The lowest BCUT2D eigenvalue weighted by atomic mass is 10.0. The SMILES string of the molecule is CC(O)=C(O)C(=CC=CO)C(=O)c1ccccc1. The van der Waals surface area contributed by atoms with Crippen LogP contribution in [0.3, 0.4) is 0 Å². The van der Waals surface area contributed by atoms with Crippen LogP contribution in [0.15, 0.2) is 65.8 Å². The molecule has 94 valence electrons. The molecule has 0 saturated heterocycles. The maximum Gasteiger partial charge on any atom is 0.196 e. The van der Waals surface area contributed by atoms with Crippen molar-refractivity contribution in [3.63, 3.8) is 0 Å². The first kappa shape index (κ1) is 13.6. The van der Waals surface area contributed by atoms with Gasteiger partial charge in [0.2, 0.25) is 0 Å². The molecule has 3 N–H and O–H groups in total. The van der Waals surface area contributed by atoms with Crippen molar-refractivity contribution in [2.45, 2.75) is 6.92 Å². The first-order valence-corrected chi connectivity index (χ1v) is 5.28. The molecule has 1 rings (SSSR count). The normalized spacial score (nSPS) is 13.5. The fraction of sp³-hybridized carbons (Fsp3) is 0.0714. The summed E-state index contributed by atoms with van der Waals surface area (Å²) in [5, 5.41) is 27.5. The molecule has 0 unspecified atom stereocenters. The Balaban J connectivity index is 3.22. The Bertz CT molecular complexity index is 506. The first-order chi connectivity index (χ1) is 8.57. The molecule has 0 fully saturated rings. The summed E-state index contributed by atoms with van der Waals surface area (Å²) in [4.78, 5) is 12.1. The maximum atomic E-state index is 12.1. The van der Waals surface area contributed by atoms with E-state index in [2.05, 4.69) is 0 Å². The Kier molecular flexibility index (Phi) is 4.75. The van der Waals surface area contributed by atoms with Crippen LogP contribution in [0.2, 0.25) is 0 Å². The number of aliphatic hydroxyl groups excluding tert-OH is 3. The quantitative estimate of drug-likeness (QED) is 0.330. The molecule has 0 aliphatic rings. The highest BCUT2D eigenvalue weighted by molar-refractivity contribution is 6.11. The Morgan fingerprint density at radius 1 is 1.17 bits per heavy atom. The van der Waals surface area contributed by atoms with Gasteiger partial charge in [0.05, 0.1) is 11.8 Å². The second kappa shape index (κ2) is 6.30. The van der Waals surface area contributed by atoms with Crippen molar-refractivity contribution in [3.05, 3.63) is 71.4 Å². The van der Waals surface area contributed by atoms with Gasteiger partial charge in [-0.3, -0.25) is 4.79 Å². The molecule has 0 radical (unpaired) electrons. The van der Waals surface area contributed by atoms with Crippen molar-refractivity contribution < 1.29 is 20.1 Å². The standard InChI is InChI=1S/C14H14O4/c1-10(16)13(17)12(8-5-9-15)14(18)11-6-3-2-4-7-11/h2-9,15-17H,1H3. The minimum Gasteiger partial charge on any atom is -0.516 e. The molecule has 0 bridgehead atoms. The van der Waals surface area contributed by atoms with E-state index >= 15 is 0 Å². The molecule has 1 aromatic carbocycles. The third kappa shape index (κ3) is 3.25. The minimum atomic E-state index is -0.512. The van der Waals surface area contributed by atoms with Gasteiger partial charge >= 0.3 is 0 Å². The number of rotatable bonds is 4. The average Bonchev–Trinajstić information content (AvgIpc) is 2.39. The van der Waals surface area contributed by atoms with Crippen LogP contribution >= 0.6 is 0 Å². The third-order valence-electron chi connectivity index (χ3n) is 2.23. The molecular formula is C14H14O4. The van der Waals surface area contributed by atoms with Gasteiger partial charge in [-0.25, -0.2) is 0 Å². The molecule has 0 saturated carbocycles. The number of hydrogen-bond acceptors (Lipinski definition) is 4. The van der Waals surface area contributed by atoms with Crippen LogP contribution in [-0.4, -0.2) is 21.1 Å². The third-order valence-corrected chi connectivity index (χ3v) is 2.23. The molecule has 0 atom stereocenters. The van der Waals surface area contributed by atoms with Gasteiger partial charge in [-0.15, -0.1) is 0 Å². The summed E-state index contributed by atoms with van der Waals surface area (Å²) in [6.45, 7) is 1.27. The Morgan fingerprint density at radius 2 is 1.78 bits per heavy atom. The van der Waals surface area contributed by atoms with E-state index in [1.54, 1.807) is 30.3 Å². The monoisotopic (exact) mass is 246 g/mol. The summed E-state index contributed by atoms with van der Waals surface area (Å²) in [5.41, 5.74) is 0.286. The van der Waals surface area contributed by atoms with E-state index in [1.165, 1.54) is 19.1 Å². The molecule has 0 amide bonds. The highest BCUT2D eigenvalue weighted by atomic mass is 16.3. The van der Waals surface area contributed by atoms with Crippen LogP contribution in [0.1, 0.15) is 17.3 Å². The predicted molar refractivity (Wildman–Crippen MR) is 68.6 cm³/mol. The summed E-state index contributed by atoms with van der Waals surface area (Å²) < 4.78 is 0. The summed E-state index contributed by atoms with van der Waals surface area (Å²) in [7, 11) is 0. The summed E-state index contributed by atoms with van der Waals surface area (Å²) in [6.07, 6.45) is 3.15. The van der Waals surface area contributed by atoms with Crippen LogP contribution in [-0.2, 0) is 0 Å². The van der Waals surface area contributed by atoms with Crippen molar-refractivity contribution in [2.24, 2.45) is 0 Å². The fourth-order valence-corrected chi connectivity index (χ4v) is 1.34. The van der Waals surface area contributed by atoms with Crippen LogP contribution in [0.25, 0.3) is 0 Å². The fourth-order valence-electron chi connectivity index (χ4n) is 1.34. The highest BCUT2D eigenvalue weighted by Gasteiger charge is 2.17. The molecule has 4 nitrogen and oxygen atoms in total. The van der Waals surface area contributed by atoms with Crippen molar-refractivity contribution in [3.8, 4) is 0 Å². The van der Waals surface area contributed by atoms with Gasteiger partial charge in [-0.2, -0.15) is 0 Å². The zero-order valence-electron chi connectivity index (χ0n) is 9.87. The Hall–Kier alpha value is -2.49. The number of carbonyl (C=O) groups excluding carboxylic acids is 1. The first-order valence-electron chi connectivity index (χ1n) is 5.28. The minimum absolute atomic E-state index is 0.0912. The Labute approximate surface area is 105 Å². The smallest absolute Gasteiger partial charge is 0.196 e. The molecular weight excluding hydrogens is 232 g/mol. The van der Waals surface area contributed by atoms with Gasteiger partial charge in [0.25, 0.3) is 0 Å². The molecule has 4 heteroatoms. The van der Waals surface area contributed by atoms with Gasteiger partial charge < -0.3 is 15.3 Å². The van der Waals surface area contributed by atoms with Gasteiger partial charge in [0, 0.05) is 5.56 Å². The number of allylic oxidation sites excluding steroid dienone is 4. The van der Waals surface area contributed by atoms with Gasteiger partial charge in [0.15, 0.2) is 11.5 Å². The predicted octanol–water partition coefficient (Wildman–Crippen LogP) is 3.21. The van der Waals surface area contributed by atoms with Crippen LogP contribution < -0.4 is 0 Å². The molecule has 1 aromatic rings. The second-order valence-corrected chi connectivity index (χ2v) is 3.55. The molecule has 0 heterocycles. The van der Waals surface area contributed by atoms with E-state index in [9.17, 15) is 15.0 Å². The van der Waals surface area contributed by atoms with E-state index in [4.69, 9.17) is 5.11 Å². The molecule has 18 heavy (non-hydrogen) atoms. The number of hydrogen-bond donors (Lipinski definition) is 3. The van der Waals surface area contributed by atoms with Crippen LogP contribution in [0, 0.1) is 0 Å². The van der Waals surface area contributed by atoms with E-state index in [0.717, 1.165) is 6.26 Å². The van der Waals surface area contributed by atoms with Gasteiger partial charge in [-0.05, 0) is 19.1 Å². The van der Waals surface area contributed by atoms with Gasteiger partial charge in [-0.1, -0.05) is 30.3 Å². The van der Waals surface area contributed by atoms with Crippen molar-refractivity contribution in [1.29, 1.82) is 0 Å². The van der Waals surface area contributed by atoms with Gasteiger partial charge in [0.1, 0.15) is 5.76 Å². The number of carbonyl (C=O) groups is 1. The zero-order valence-corrected chi connectivity index (χ0v) is 9.87. The number of aliphatic hydroxyl groups is 3. The Morgan fingerprint density at radius 3 is 2.28 bits per heavy atom. The lowest BCUT2D eigenvalue weighted by molar-refractivity contribution is 0.102. The topological polar surface area (TPSA) is 77.8 Å². The lowest BCUT2D eigenvalue weighted by Crippen LogP contribution is -2.07. The van der Waals surface area contributed by atoms with Crippen molar-refractivity contribution in [1.82, 2.24) is 0 Å².